The Hall–Kier alpha value is -3.40. The van der Waals surface area contributed by atoms with E-state index < -0.39 is 27.8 Å². The molecule has 1 saturated heterocycles. The van der Waals surface area contributed by atoms with Crippen LogP contribution >= 0.6 is 0 Å². The molecule has 0 saturated carbocycles. The first-order chi connectivity index (χ1) is 13.8. The Labute approximate surface area is 167 Å². The van der Waals surface area contributed by atoms with Crippen molar-refractivity contribution in [3.63, 3.8) is 0 Å². The van der Waals surface area contributed by atoms with Crippen molar-refractivity contribution < 1.29 is 32.3 Å². The third-order valence-electron chi connectivity index (χ3n) is 4.28. The zero-order valence-electron chi connectivity index (χ0n) is 15.7. The number of carbonyl (C=O) groups excluding carboxylic acids is 3. The molecule has 152 valence electrons. The van der Waals surface area contributed by atoms with Crippen LogP contribution in [0.15, 0.2) is 47.4 Å². The lowest BCUT2D eigenvalue weighted by Crippen LogP contribution is -2.28. The number of nitrogens with one attached hydrogen (secondary N) is 1. The van der Waals surface area contributed by atoms with Gasteiger partial charge in [0.05, 0.1) is 25.5 Å². The molecule has 1 N–H and O–H groups in total. The van der Waals surface area contributed by atoms with Crippen LogP contribution in [-0.2, 0) is 24.3 Å². The monoisotopic (exact) mass is 418 g/mol. The van der Waals surface area contributed by atoms with Crippen LogP contribution in [0.2, 0.25) is 0 Å². The van der Waals surface area contributed by atoms with E-state index in [1.165, 1.54) is 56.7 Å². The highest BCUT2D eigenvalue weighted by Crippen LogP contribution is 2.32. The van der Waals surface area contributed by atoms with Gasteiger partial charge in [-0.2, -0.15) is 0 Å². The van der Waals surface area contributed by atoms with Crippen LogP contribution in [0.1, 0.15) is 23.2 Å². The van der Waals surface area contributed by atoms with Crippen LogP contribution in [-0.4, -0.2) is 40.4 Å². The van der Waals surface area contributed by atoms with Gasteiger partial charge in [-0.1, -0.05) is 6.07 Å². The highest BCUT2D eigenvalue weighted by Gasteiger charge is 2.32. The SMILES string of the molecule is COC(=O)c1cccc(NS(=O)(=O)c2cc(N3C(=O)CCC3=O)ccc2OC)c1. The van der Waals surface area contributed by atoms with Crippen LogP contribution in [0, 0.1) is 0 Å². The van der Waals surface area contributed by atoms with Gasteiger partial charge in [0.1, 0.15) is 10.6 Å². The van der Waals surface area contributed by atoms with Crippen molar-refractivity contribution >= 4 is 39.2 Å². The molecule has 0 aliphatic carbocycles. The van der Waals surface area contributed by atoms with E-state index in [1.54, 1.807) is 0 Å². The van der Waals surface area contributed by atoms with Gasteiger partial charge in [-0.05, 0) is 36.4 Å². The van der Waals surface area contributed by atoms with Crippen molar-refractivity contribution in [1.82, 2.24) is 0 Å². The number of sulfonamides is 1. The number of esters is 1. The van der Waals surface area contributed by atoms with Crippen LogP contribution in [0.5, 0.6) is 5.75 Å². The average molecular weight is 418 g/mol. The highest BCUT2D eigenvalue weighted by molar-refractivity contribution is 7.92. The van der Waals surface area contributed by atoms with Gasteiger partial charge in [0.25, 0.3) is 10.0 Å². The molecule has 2 aromatic carbocycles. The first kappa shape index (κ1) is 20.3. The zero-order chi connectivity index (χ0) is 21.2. The molecule has 0 bridgehead atoms. The maximum absolute atomic E-state index is 13.0. The molecule has 0 unspecified atom stereocenters. The Morgan fingerprint density at radius 3 is 2.34 bits per heavy atom. The van der Waals surface area contributed by atoms with Crippen LogP contribution in [0.3, 0.4) is 0 Å². The number of benzene rings is 2. The minimum atomic E-state index is -4.17. The van der Waals surface area contributed by atoms with Crippen LogP contribution in [0.25, 0.3) is 0 Å². The minimum absolute atomic E-state index is 0.0319. The van der Waals surface area contributed by atoms with Crippen LogP contribution < -0.4 is 14.4 Å². The number of carbonyl (C=O) groups is 3. The minimum Gasteiger partial charge on any atom is -0.495 e. The Morgan fingerprint density at radius 2 is 1.72 bits per heavy atom. The van der Waals surface area contributed by atoms with E-state index in [4.69, 9.17) is 4.74 Å². The molecule has 0 radical (unpaired) electrons. The predicted octanol–water partition coefficient (Wildman–Crippen LogP) is 1.94. The fourth-order valence-electron chi connectivity index (χ4n) is 2.92. The number of ether oxygens (including phenoxy) is 2. The summed E-state index contributed by atoms with van der Waals surface area (Å²) in [4.78, 5) is 36.3. The van der Waals surface area contributed by atoms with Gasteiger partial charge in [0.2, 0.25) is 11.8 Å². The van der Waals surface area contributed by atoms with Crippen LogP contribution in [0.4, 0.5) is 11.4 Å². The van der Waals surface area contributed by atoms with E-state index in [1.807, 2.05) is 0 Å². The van der Waals surface area contributed by atoms with Gasteiger partial charge < -0.3 is 9.47 Å². The number of nitrogens with zero attached hydrogens (tertiary/aromatic N) is 1. The van der Waals surface area contributed by atoms with Crippen molar-refractivity contribution in [3.05, 3.63) is 48.0 Å². The van der Waals surface area contributed by atoms with Gasteiger partial charge >= 0.3 is 5.97 Å². The van der Waals surface area contributed by atoms with Gasteiger partial charge in [-0.25, -0.2) is 13.2 Å². The van der Waals surface area contributed by atoms with Gasteiger partial charge in [-0.3, -0.25) is 19.2 Å². The third kappa shape index (κ3) is 4.06. The van der Waals surface area contributed by atoms with E-state index in [9.17, 15) is 22.8 Å². The predicted molar refractivity (Wildman–Crippen MR) is 103 cm³/mol. The van der Waals surface area contributed by atoms with E-state index in [0.29, 0.717) is 0 Å². The lowest BCUT2D eigenvalue weighted by atomic mass is 10.2. The molecular formula is C19H18N2O7S. The molecule has 1 heterocycles. The molecule has 1 aliphatic rings. The topological polar surface area (TPSA) is 119 Å². The molecule has 1 aliphatic heterocycles. The summed E-state index contributed by atoms with van der Waals surface area (Å²) >= 11 is 0. The first-order valence-corrected chi connectivity index (χ1v) is 10.00. The number of hydrogen-bond donors (Lipinski definition) is 1. The summed E-state index contributed by atoms with van der Waals surface area (Å²) in [6, 6.07) is 9.78. The summed E-state index contributed by atoms with van der Waals surface area (Å²) in [5.74, 6) is -1.38. The van der Waals surface area contributed by atoms with E-state index in [-0.39, 0.29) is 40.4 Å². The second-order valence-corrected chi connectivity index (χ2v) is 7.79. The van der Waals surface area contributed by atoms with E-state index in [0.717, 1.165) is 4.90 Å². The summed E-state index contributed by atoms with van der Waals surface area (Å²) in [5.41, 5.74) is 0.442. The van der Waals surface area contributed by atoms with Gasteiger partial charge in [-0.15, -0.1) is 0 Å². The second kappa shape index (κ2) is 7.92. The molecule has 9 nitrogen and oxygen atoms in total. The summed E-state index contributed by atoms with van der Waals surface area (Å²) in [6.07, 6.45) is 0.150. The maximum atomic E-state index is 13.0. The van der Waals surface area contributed by atoms with Gasteiger partial charge in [0.15, 0.2) is 0 Å². The number of rotatable bonds is 6. The number of hydrogen-bond acceptors (Lipinski definition) is 7. The number of amides is 2. The Morgan fingerprint density at radius 1 is 1.03 bits per heavy atom. The number of anilines is 2. The lowest BCUT2D eigenvalue weighted by molar-refractivity contribution is -0.121. The quantitative estimate of drug-likeness (QED) is 0.562. The first-order valence-electron chi connectivity index (χ1n) is 8.52. The van der Waals surface area contributed by atoms with Crippen molar-refractivity contribution in [2.45, 2.75) is 17.7 Å². The molecule has 1 fully saturated rings. The summed E-state index contributed by atoms with van der Waals surface area (Å²) < 4.78 is 38.1. The summed E-state index contributed by atoms with van der Waals surface area (Å²) in [5, 5.41) is 0. The number of imide groups is 1. The highest BCUT2D eigenvalue weighted by atomic mass is 32.2. The largest absolute Gasteiger partial charge is 0.495 e. The fraction of sp³-hybridized carbons (Fsp3) is 0.211. The third-order valence-corrected chi connectivity index (χ3v) is 5.68. The molecule has 2 aromatic rings. The Bertz CT molecular complexity index is 1080. The fourth-order valence-corrected chi connectivity index (χ4v) is 4.16. The summed E-state index contributed by atoms with van der Waals surface area (Å²) in [7, 11) is -1.65. The smallest absolute Gasteiger partial charge is 0.337 e. The van der Waals surface area contributed by atoms with Crippen molar-refractivity contribution in [1.29, 1.82) is 0 Å². The Kier molecular flexibility index (Phi) is 5.55. The number of methoxy groups -OCH3 is 2. The lowest BCUT2D eigenvalue weighted by Gasteiger charge is -2.17. The molecule has 0 atom stereocenters. The van der Waals surface area contributed by atoms with E-state index >= 15 is 0 Å². The second-order valence-electron chi connectivity index (χ2n) is 6.14. The summed E-state index contributed by atoms with van der Waals surface area (Å²) in [6.45, 7) is 0. The average Bonchev–Trinajstić information content (AvgIpc) is 3.04. The standard InChI is InChI=1S/C19H18N2O7S/c1-27-15-7-6-14(21-17(22)8-9-18(21)23)11-16(15)29(25,26)20-13-5-3-4-12(10-13)19(24)28-2/h3-7,10-11,20H,8-9H2,1-2H3. The van der Waals surface area contributed by atoms with Crippen molar-refractivity contribution in [3.8, 4) is 5.75 Å². The normalized spacial score (nSPS) is 14.1. The Balaban J connectivity index is 2.00. The maximum Gasteiger partial charge on any atom is 0.337 e. The molecule has 0 aromatic heterocycles. The van der Waals surface area contributed by atoms with E-state index in [2.05, 4.69) is 9.46 Å². The zero-order valence-corrected chi connectivity index (χ0v) is 16.5. The molecule has 29 heavy (non-hydrogen) atoms. The molecule has 2 amide bonds. The molecule has 0 spiro atoms. The molecule has 3 rings (SSSR count). The van der Waals surface area contributed by atoms with Crippen molar-refractivity contribution in [2.24, 2.45) is 0 Å². The van der Waals surface area contributed by atoms with Gasteiger partial charge in [0, 0.05) is 18.5 Å². The molecule has 10 heteroatoms. The van der Waals surface area contributed by atoms with Crippen molar-refractivity contribution in [2.75, 3.05) is 23.8 Å². The molecular weight excluding hydrogens is 400 g/mol.